The van der Waals surface area contributed by atoms with Crippen molar-refractivity contribution >= 4 is 17.1 Å². The Morgan fingerprint density at radius 3 is 2.72 bits per heavy atom. The van der Waals surface area contributed by atoms with E-state index in [0.29, 0.717) is 36.5 Å². The molecule has 0 unspecified atom stereocenters. The van der Waals surface area contributed by atoms with Crippen molar-refractivity contribution in [2.24, 2.45) is 13.0 Å². The van der Waals surface area contributed by atoms with Crippen molar-refractivity contribution in [3.63, 3.8) is 0 Å². The van der Waals surface area contributed by atoms with E-state index < -0.39 is 0 Å². The summed E-state index contributed by atoms with van der Waals surface area (Å²) in [6.45, 7) is 4.50. The van der Waals surface area contributed by atoms with E-state index in [-0.39, 0.29) is 30.2 Å². The van der Waals surface area contributed by atoms with Crippen LogP contribution in [0.4, 0.5) is 0 Å². The Hall–Kier alpha value is -2.42. The molecule has 1 fully saturated rings. The van der Waals surface area contributed by atoms with Gasteiger partial charge in [-0.2, -0.15) is 0 Å². The summed E-state index contributed by atoms with van der Waals surface area (Å²) in [6, 6.07) is 0. The summed E-state index contributed by atoms with van der Waals surface area (Å²) in [5.74, 6) is 1.17. The molecule has 0 radical (unpaired) electrons. The molecule has 160 valence electrons. The smallest absolute Gasteiger partial charge is 0.332 e. The first-order valence-electron chi connectivity index (χ1n) is 10.6. The first-order valence-corrected chi connectivity index (χ1v) is 10.6. The Morgan fingerprint density at radius 1 is 1.24 bits per heavy atom. The number of nitrogens with one attached hydrogen (secondary N) is 2. The van der Waals surface area contributed by atoms with E-state index >= 15 is 0 Å². The van der Waals surface area contributed by atoms with E-state index in [1.807, 2.05) is 0 Å². The van der Waals surface area contributed by atoms with Gasteiger partial charge in [0.1, 0.15) is 11.3 Å². The third-order valence-corrected chi connectivity index (χ3v) is 5.59. The number of hydrogen-bond acceptors (Lipinski definition) is 6. The Labute approximate surface area is 169 Å². The number of aromatic amines is 1. The Morgan fingerprint density at radius 2 is 2.00 bits per heavy atom. The van der Waals surface area contributed by atoms with Gasteiger partial charge in [-0.15, -0.1) is 0 Å². The second kappa shape index (κ2) is 9.87. The van der Waals surface area contributed by atoms with E-state index in [0.717, 1.165) is 44.6 Å². The first-order chi connectivity index (χ1) is 14.0. The SMILES string of the molecule is CCOC(=O)CCCCn1c(=O)c2[nH]c(CCC3CCNCC3)nc2n(C)c1=O. The maximum absolute atomic E-state index is 12.8. The van der Waals surface area contributed by atoms with Crippen molar-refractivity contribution < 1.29 is 9.53 Å². The lowest BCUT2D eigenvalue weighted by molar-refractivity contribution is -0.143. The fourth-order valence-corrected chi connectivity index (χ4v) is 3.90. The number of piperidine rings is 1. The Bertz CT molecular complexity index is 952. The molecule has 29 heavy (non-hydrogen) atoms. The quantitative estimate of drug-likeness (QED) is 0.477. The van der Waals surface area contributed by atoms with Crippen LogP contribution in [-0.2, 0) is 29.5 Å². The molecule has 1 aliphatic rings. The molecule has 2 aromatic heterocycles. The van der Waals surface area contributed by atoms with Crippen LogP contribution in [0.25, 0.3) is 11.2 Å². The maximum Gasteiger partial charge on any atom is 0.332 e. The van der Waals surface area contributed by atoms with Gasteiger partial charge in [0, 0.05) is 26.4 Å². The summed E-state index contributed by atoms with van der Waals surface area (Å²) in [7, 11) is 1.64. The molecule has 1 saturated heterocycles. The predicted octanol–water partition coefficient (Wildman–Crippen LogP) is 1.09. The van der Waals surface area contributed by atoms with Crippen LogP contribution in [0.3, 0.4) is 0 Å². The van der Waals surface area contributed by atoms with Crippen LogP contribution in [0.1, 0.15) is 51.3 Å². The third kappa shape index (κ3) is 5.14. The number of carbonyl (C=O) groups excluding carboxylic acids is 1. The highest BCUT2D eigenvalue weighted by Gasteiger charge is 2.17. The van der Waals surface area contributed by atoms with Crippen molar-refractivity contribution in [2.75, 3.05) is 19.7 Å². The molecule has 0 saturated carbocycles. The van der Waals surface area contributed by atoms with Gasteiger partial charge in [-0.25, -0.2) is 9.78 Å². The number of esters is 1. The van der Waals surface area contributed by atoms with Gasteiger partial charge < -0.3 is 15.0 Å². The summed E-state index contributed by atoms with van der Waals surface area (Å²) >= 11 is 0. The highest BCUT2D eigenvalue weighted by molar-refractivity contribution is 5.70. The third-order valence-electron chi connectivity index (χ3n) is 5.59. The van der Waals surface area contributed by atoms with Gasteiger partial charge in [0.05, 0.1) is 6.61 Å². The molecule has 3 rings (SSSR count). The fourth-order valence-electron chi connectivity index (χ4n) is 3.90. The van der Waals surface area contributed by atoms with Gasteiger partial charge in [0.2, 0.25) is 0 Å². The molecular weight excluding hydrogens is 374 g/mol. The van der Waals surface area contributed by atoms with Crippen molar-refractivity contribution in [1.29, 1.82) is 0 Å². The Balaban J connectivity index is 1.70. The molecule has 0 aromatic carbocycles. The standard InChI is InChI=1S/C20H31N5O4/c1-3-29-16(26)6-4-5-13-25-19(27)17-18(24(2)20(25)28)23-15(22-17)8-7-14-9-11-21-12-10-14/h14,21H,3-13H2,1-2H3,(H,22,23). The van der Waals surface area contributed by atoms with Crippen LogP contribution in [0.15, 0.2) is 9.59 Å². The zero-order valence-corrected chi connectivity index (χ0v) is 17.3. The molecule has 0 aliphatic carbocycles. The van der Waals surface area contributed by atoms with Gasteiger partial charge in [-0.05, 0) is 58.0 Å². The summed E-state index contributed by atoms with van der Waals surface area (Å²) in [5, 5.41) is 3.36. The fraction of sp³-hybridized carbons (Fsp3) is 0.700. The van der Waals surface area contributed by atoms with E-state index in [1.54, 1.807) is 14.0 Å². The van der Waals surface area contributed by atoms with Gasteiger partial charge in [-0.1, -0.05) is 0 Å². The molecule has 2 N–H and O–H groups in total. The number of hydrogen-bond donors (Lipinski definition) is 2. The molecule has 9 nitrogen and oxygen atoms in total. The van der Waals surface area contributed by atoms with Gasteiger partial charge in [0.25, 0.3) is 5.56 Å². The molecule has 2 aromatic rings. The lowest BCUT2D eigenvalue weighted by Gasteiger charge is -2.21. The number of ether oxygens (including phenoxy) is 1. The topological polar surface area (TPSA) is 111 Å². The van der Waals surface area contributed by atoms with Crippen LogP contribution in [0.5, 0.6) is 0 Å². The zero-order chi connectivity index (χ0) is 20.8. The van der Waals surface area contributed by atoms with Crippen LogP contribution >= 0.6 is 0 Å². The predicted molar refractivity (Wildman–Crippen MR) is 110 cm³/mol. The highest BCUT2D eigenvalue weighted by Crippen LogP contribution is 2.18. The van der Waals surface area contributed by atoms with Crippen LogP contribution in [-0.4, -0.2) is 44.8 Å². The first kappa shape index (κ1) is 21.3. The van der Waals surface area contributed by atoms with Gasteiger partial charge in [0.15, 0.2) is 5.65 Å². The summed E-state index contributed by atoms with van der Waals surface area (Å²) in [5.41, 5.74) is 0.0516. The number of unbranched alkanes of at least 4 members (excludes halogenated alkanes) is 1. The lowest BCUT2D eigenvalue weighted by Crippen LogP contribution is -2.39. The number of fused-ring (bicyclic) bond motifs is 1. The van der Waals surface area contributed by atoms with Crippen molar-refractivity contribution in [1.82, 2.24) is 24.4 Å². The van der Waals surface area contributed by atoms with Crippen molar-refractivity contribution in [2.45, 2.75) is 58.4 Å². The highest BCUT2D eigenvalue weighted by atomic mass is 16.5. The average Bonchev–Trinajstić information content (AvgIpc) is 3.16. The normalized spacial score (nSPS) is 15.1. The number of aryl methyl sites for hydroxylation is 2. The average molecular weight is 405 g/mol. The van der Waals surface area contributed by atoms with Crippen molar-refractivity contribution in [3.05, 3.63) is 26.7 Å². The molecule has 0 bridgehead atoms. The number of imidazole rings is 1. The van der Waals surface area contributed by atoms with E-state index in [1.165, 1.54) is 9.13 Å². The van der Waals surface area contributed by atoms with E-state index in [9.17, 15) is 14.4 Å². The summed E-state index contributed by atoms with van der Waals surface area (Å²) in [6.07, 6.45) is 5.53. The monoisotopic (exact) mass is 405 g/mol. The van der Waals surface area contributed by atoms with Gasteiger partial charge in [-0.3, -0.25) is 18.7 Å². The minimum atomic E-state index is -0.380. The largest absolute Gasteiger partial charge is 0.466 e. The van der Waals surface area contributed by atoms with Crippen molar-refractivity contribution in [3.8, 4) is 0 Å². The maximum atomic E-state index is 12.8. The van der Waals surface area contributed by atoms with Crippen LogP contribution in [0, 0.1) is 5.92 Å². The van der Waals surface area contributed by atoms with Crippen LogP contribution in [0.2, 0.25) is 0 Å². The molecular formula is C20H31N5O4. The molecule has 0 spiro atoms. The number of aromatic nitrogens is 4. The number of carbonyl (C=O) groups is 1. The minimum absolute atomic E-state index is 0.254. The number of nitrogens with zero attached hydrogens (tertiary/aromatic N) is 3. The summed E-state index contributed by atoms with van der Waals surface area (Å²) in [4.78, 5) is 44.5. The molecule has 1 aliphatic heterocycles. The molecule has 0 amide bonds. The number of rotatable bonds is 9. The number of H-pyrrole nitrogens is 1. The van der Waals surface area contributed by atoms with Gasteiger partial charge >= 0.3 is 11.7 Å². The molecule has 0 atom stereocenters. The zero-order valence-electron chi connectivity index (χ0n) is 17.3. The Kier molecular flexibility index (Phi) is 7.24. The molecule has 3 heterocycles. The summed E-state index contributed by atoms with van der Waals surface area (Å²) < 4.78 is 7.55. The minimum Gasteiger partial charge on any atom is -0.466 e. The lowest BCUT2D eigenvalue weighted by atomic mass is 9.93. The van der Waals surface area contributed by atoms with E-state index in [4.69, 9.17) is 4.74 Å². The van der Waals surface area contributed by atoms with E-state index in [2.05, 4.69) is 15.3 Å². The van der Waals surface area contributed by atoms with Crippen LogP contribution < -0.4 is 16.6 Å². The molecule has 9 heteroatoms. The second-order valence-corrected chi connectivity index (χ2v) is 7.67. The second-order valence-electron chi connectivity index (χ2n) is 7.67.